The first-order chi connectivity index (χ1) is 9.52. The molecule has 0 N–H and O–H groups in total. The molecule has 0 saturated carbocycles. The molecule has 0 saturated heterocycles. The lowest BCUT2D eigenvalue weighted by molar-refractivity contribution is 0.103. The van der Waals surface area contributed by atoms with E-state index in [1.165, 1.54) is 18.2 Å². The van der Waals surface area contributed by atoms with Crippen molar-refractivity contribution in [2.75, 3.05) is 6.61 Å². The van der Waals surface area contributed by atoms with Crippen molar-refractivity contribution in [1.29, 1.82) is 0 Å². The Morgan fingerprint density at radius 2 is 1.95 bits per heavy atom. The van der Waals surface area contributed by atoms with Crippen LogP contribution in [0.1, 0.15) is 28.4 Å². The van der Waals surface area contributed by atoms with Gasteiger partial charge in [0.1, 0.15) is 11.6 Å². The molecule has 0 atom stereocenters. The van der Waals surface area contributed by atoms with Gasteiger partial charge in [0.15, 0.2) is 5.78 Å². The van der Waals surface area contributed by atoms with Crippen LogP contribution in [0.4, 0.5) is 4.39 Å². The van der Waals surface area contributed by atoms with E-state index in [0.29, 0.717) is 29.0 Å². The number of benzene rings is 2. The standard InChI is InChI=1S/C16H14BrFO2/c1-3-20-15-7-4-11(17)9-14(15)16(19)13-6-5-12(18)8-10(13)2/h4-9H,3H2,1-2H3. The fourth-order valence-corrected chi connectivity index (χ4v) is 2.35. The Hall–Kier alpha value is -1.68. The second-order valence-electron chi connectivity index (χ2n) is 4.36. The molecule has 0 aliphatic carbocycles. The van der Waals surface area contributed by atoms with Crippen molar-refractivity contribution in [3.63, 3.8) is 0 Å². The minimum atomic E-state index is -0.349. The molecule has 0 unspecified atom stereocenters. The molecule has 0 bridgehead atoms. The quantitative estimate of drug-likeness (QED) is 0.767. The summed E-state index contributed by atoms with van der Waals surface area (Å²) in [6, 6.07) is 9.43. The van der Waals surface area contributed by atoms with Crippen LogP contribution in [-0.2, 0) is 0 Å². The molecule has 0 spiro atoms. The summed E-state index contributed by atoms with van der Waals surface area (Å²) in [6.45, 7) is 4.05. The number of aryl methyl sites for hydroxylation is 1. The van der Waals surface area contributed by atoms with Gasteiger partial charge in [-0.15, -0.1) is 0 Å². The number of halogens is 2. The van der Waals surface area contributed by atoms with E-state index >= 15 is 0 Å². The number of rotatable bonds is 4. The molecule has 0 radical (unpaired) electrons. The van der Waals surface area contributed by atoms with Crippen LogP contribution in [0.3, 0.4) is 0 Å². The van der Waals surface area contributed by atoms with Gasteiger partial charge in [-0.1, -0.05) is 15.9 Å². The van der Waals surface area contributed by atoms with Gasteiger partial charge < -0.3 is 4.74 Å². The summed E-state index contributed by atoms with van der Waals surface area (Å²) in [5.41, 5.74) is 1.55. The lowest BCUT2D eigenvalue weighted by Crippen LogP contribution is -2.07. The number of ketones is 1. The molecule has 2 aromatic carbocycles. The maximum atomic E-state index is 13.1. The summed E-state index contributed by atoms with van der Waals surface area (Å²) in [4.78, 5) is 12.6. The van der Waals surface area contributed by atoms with Gasteiger partial charge in [0.05, 0.1) is 12.2 Å². The Bertz CT molecular complexity index is 653. The minimum Gasteiger partial charge on any atom is -0.493 e. The largest absolute Gasteiger partial charge is 0.493 e. The third-order valence-corrected chi connectivity index (χ3v) is 3.41. The Balaban J connectivity index is 2.49. The normalized spacial score (nSPS) is 10.4. The zero-order valence-electron chi connectivity index (χ0n) is 11.2. The Morgan fingerprint density at radius 1 is 1.20 bits per heavy atom. The topological polar surface area (TPSA) is 26.3 Å². The molecule has 20 heavy (non-hydrogen) atoms. The van der Waals surface area contributed by atoms with Crippen LogP contribution >= 0.6 is 15.9 Å². The molecule has 2 nitrogen and oxygen atoms in total. The van der Waals surface area contributed by atoms with Crippen molar-refractivity contribution in [3.05, 3.63) is 63.4 Å². The molecule has 0 aromatic heterocycles. The van der Waals surface area contributed by atoms with Crippen LogP contribution in [0.5, 0.6) is 5.75 Å². The highest BCUT2D eigenvalue weighted by Gasteiger charge is 2.17. The van der Waals surface area contributed by atoms with E-state index in [1.807, 2.05) is 13.0 Å². The fraction of sp³-hybridized carbons (Fsp3) is 0.188. The third-order valence-electron chi connectivity index (χ3n) is 2.92. The van der Waals surface area contributed by atoms with Crippen LogP contribution < -0.4 is 4.74 Å². The van der Waals surface area contributed by atoms with E-state index in [1.54, 1.807) is 19.1 Å². The number of carbonyl (C=O) groups excluding carboxylic acids is 1. The first kappa shape index (κ1) is 14.7. The first-order valence-electron chi connectivity index (χ1n) is 6.26. The molecule has 4 heteroatoms. The number of carbonyl (C=O) groups is 1. The zero-order valence-corrected chi connectivity index (χ0v) is 12.8. The van der Waals surface area contributed by atoms with Gasteiger partial charge in [-0.25, -0.2) is 4.39 Å². The lowest BCUT2D eigenvalue weighted by atomic mass is 9.98. The second kappa shape index (κ2) is 6.18. The Kier molecular flexibility index (Phi) is 4.55. The summed E-state index contributed by atoms with van der Waals surface area (Å²) in [6.07, 6.45) is 0. The molecule has 0 fully saturated rings. The minimum absolute atomic E-state index is 0.174. The van der Waals surface area contributed by atoms with Crippen molar-refractivity contribution < 1.29 is 13.9 Å². The van der Waals surface area contributed by atoms with Crippen molar-refractivity contribution >= 4 is 21.7 Å². The fourth-order valence-electron chi connectivity index (χ4n) is 1.99. The summed E-state index contributed by atoms with van der Waals surface area (Å²) in [5.74, 6) is 0.00926. The van der Waals surface area contributed by atoms with Gasteiger partial charge in [0.25, 0.3) is 0 Å². The Morgan fingerprint density at radius 3 is 2.60 bits per heavy atom. The van der Waals surface area contributed by atoms with Crippen molar-refractivity contribution in [2.24, 2.45) is 0 Å². The van der Waals surface area contributed by atoms with E-state index in [0.717, 1.165) is 4.47 Å². The van der Waals surface area contributed by atoms with E-state index < -0.39 is 0 Å². The van der Waals surface area contributed by atoms with Crippen molar-refractivity contribution in [3.8, 4) is 5.75 Å². The molecule has 0 aliphatic rings. The molecule has 0 aliphatic heterocycles. The number of hydrogen-bond donors (Lipinski definition) is 0. The van der Waals surface area contributed by atoms with E-state index in [-0.39, 0.29) is 11.6 Å². The van der Waals surface area contributed by atoms with Crippen molar-refractivity contribution in [1.82, 2.24) is 0 Å². The predicted octanol–water partition coefficient (Wildman–Crippen LogP) is 4.53. The van der Waals surface area contributed by atoms with Crippen LogP contribution in [0.15, 0.2) is 40.9 Å². The smallest absolute Gasteiger partial charge is 0.197 e. The maximum Gasteiger partial charge on any atom is 0.197 e. The van der Waals surface area contributed by atoms with Crippen LogP contribution in [0, 0.1) is 12.7 Å². The molecular weight excluding hydrogens is 323 g/mol. The van der Waals surface area contributed by atoms with Crippen LogP contribution in [-0.4, -0.2) is 12.4 Å². The van der Waals surface area contributed by atoms with Crippen molar-refractivity contribution in [2.45, 2.75) is 13.8 Å². The highest BCUT2D eigenvalue weighted by atomic mass is 79.9. The SMILES string of the molecule is CCOc1ccc(Br)cc1C(=O)c1ccc(F)cc1C. The van der Waals surface area contributed by atoms with Gasteiger partial charge in [-0.3, -0.25) is 4.79 Å². The van der Waals surface area contributed by atoms with Gasteiger partial charge >= 0.3 is 0 Å². The highest BCUT2D eigenvalue weighted by Crippen LogP contribution is 2.27. The summed E-state index contributed by atoms with van der Waals surface area (Å²) in [5, 5.41) is 0. The van der Waals surface area contributed by atoms with Gasteiger partial charge in [0.2, 0.25) is 0 Å². The van der Waals surface area contributed by atoms with Crippen LogP contribution in [0.25, 0.3) is 0 Å². The first-order valence-corrected chi connectivity index (χ1v) is 7.05. The zero-order chi connectivity index (χ0) is 14.7. The summed E-state index contributed by atoms with van der Waals surface area (Å²) < 4.78 is 19.4. The number of hydrogen-bond acceptors (Lipinski definition) is 2. The molecule has 0 heterocycles. The van der Waals surface area contributed by atoms with E-state index in [4.69, 9.17) is 4.74 Å². The third kappa shape index (κ3) is 3.07. The second-order valence-corrected chi connectivity index (χ2v) is 5.28. The average Bonchev–Trinajstić information content (AvgIpc) is 2.40. The summed E-state index contributed by atoms with van der Waals surface area (Å²) in [7, 11) is 0. The van der Waals surface area contributed by atoms with Gasteiger partial charge in [-0.2, -0.15) is 0 Å². The number of ether oxygens (including phenoxy) is 1. The van der Waals surface area contributed by atoms with Crippen LogP contribution in [0.2, 0.25) is 0 Å². The monoisotopic (exact) mass is 336 g/mol. The van der Waals surface area contributed by atoms with Gasteiger partial charge in [0, 0.05) is 10.0 Å². The average molecular weight is 337 g/mol. The predicted molar refractivity (Wildman–Crippen MR) is 79.9 cm³/mol. The molecular formula is C16H14BrFO2. The summed E-state index contributed by atoms with van der Waals surface area (Å²) >= 11 is 3.35. The maximum absolute atomic E-state index is 13.1. The molecule has 2 aromatic rings. The highest BCUT2D eigenvalue weighted by molar-refractivity contribution is 9.10. The molecule has 0 amide bonds. The molecule has 2 rings (SSSR count). The van der Waals surface area contributed by atoms with E-state index in [9.17, 15) is 9.18 Å². The lowest BCUT2D eigenvalue weighted by Gasteiger charge is -2.11. The Labute approximate surface area is 125 Å². The van der Waals surface area contributed by atoms with E-state index in [2.05, 4.69) is 15.9 Å². The van der Waals surface area contributed by atoms with Gasteiger partial charge in [-0.05, 0) is 55.8 Å². The molecule has 104 valence electrons.